The number of carbonyl (C=O) groups excluding carboxylic acids is 2. The molecule has 2 heterocycles. The maximum atomic E-state index is 13.0. The molecule has 31 heavy (non-hydrogen) atoms. The summed E-state index contributed by atoms with van der Waals surface area (Å²) in [5.41, 5.74) is 3.07. The lowest BCUT2D eigenvalue weighted by molar-refractivity contribution is -0.139. The molecule has 2 aromatic rings. The third kappa shape index (κ3) is 5.94. The summed E-state index contributed by atoms with van der Waals surface area (Å²) >= 11 is 0. The van der Waals surface area contributed by atoms with Crippen LogP contribution in [0, 0.1) is 19.8 Å². The summed E-state index contributed by atoms with van der Waals surface area (Å²) in [4.78, 5) is 29.5. The Labute approximate surface area is 184 Å². The Bertz CT molecular complexity index is 907. The van der Waals surface area contributed by atoms with Gasteiger partial charge in [-0.1, -0.05) is 30.3 Å². The van der Waals surface area contributed by atoms with E-state index in [9.17, 15) is 9.59 Å². The second kappa shape index (κ2) is 9.64. The Balaban J connectivity index is 1.42. The monoisotopic (exact) mass is 424 g/mol. The zero-order valence-corrected chi connectivity index (χ0v) is 18.5. The highest BCUT2D eigenvalue weighted by molar-refractivity contribution is 5.85. The summed E-state index contributed by atoms with van der Waals surface area (Å²) < 4.78 is 8.02. The van der Waals surface area contributed by atoms with Crippen molar-refractivity contribution in [3.05, 3.63) is 53.3 Å². The molecule has 1 unspecified atom stereocenters. The number of hydrogen-bond acceptors (Lipinski definition) is 4. The molecule has 1 aromatic carbocycles. The van der Waals surface area contributed by atoms with Gasteiger partial charge >= 0.3 is 0 Å². The van der Waals surface area contributed by atoms with Gasteiger partial charge in [0, 0.05) is 44.9 Å². The van der Waals surface area contributed by atoms with Gasteiger partial charge in [0.05, 0.1) is 18.3 Å². The average molecular weight is 425 g/mol. The lowest BCUT2D eigenvalue weighted by atomic mass is 10.2. The molecule has 1 aromatic heterocycles. The molecule has 0 N–H and O–H groups in total. The number of aromatic nitrogens is 2. The van der Waals surface area contributed by atoms with Crippen LogP contribution >= 0.6 is 0 Å². The molecular formula is C24H32N4O3. The van der Waals surface area contributed by atoms with Crippen molar-refractivity contribution < 1.29 is 14.3 Å². The third-order valence-electron chi connectivity index (χ3n) is 6.00. The predicted molar refractivity (Wildman–Crippen MR) is 117 cm³/mol. The molecule has 0 spiro atoms. The van der Waals surface area contributed by atoms with Crippen molar-refractivity contribution in [1.29, 1.82) is 0 Å². The molecule has 7 heteroatoms. The second-order valence-corrected chi connectivity index (χ2v) is 8.83. The van der Waals surface area contributed by atoms with Crippen LogP contribution in [-0.2, 0) is 27.4 Å². The normalized spacial score (nSPS) is 19.5. The minimum Gasteiger partial charge on any atom is -0.374 e. The Kier molecular flexibility index (Phi) is 6.70. The first kappa shape index (κ1) is 21.6. The van der Waals surface area contributed by atoms with Crippen molar-refractivity contribution in [2.24, 2.45) is 5.92 Å². The minimum atomic E-state index is -0.159. The van der Waals surface area contributed by atoms with Gasteiger partial charge in [0.2, 0.25) is 11.8 Å². The molecule has 4 rings (SSSR count). The molecule has 1 saturated carbocycles. The molecule has 1 aliphatic heterocycles. The molecule has 7 nitrogen and oxygen atoms in total. The molecule has 1 saturated heterocycles. The van der Waals surface area contributed by atoms with E-state index < -0.39 is 0 Å². The van der Waals surface area contributed by atoms with E-state index >= 15 is 0 Å². The van der Waals surface area contributed by atoms with E-state index in [2.05, 4.69) is 5.10 Å². The Morgan fingerprint density at radius 3 is 2.61 bits per heavy atom. The highest BCUT2D eigenvalue weighted by atomic mass is 16.5. The fourth-order valence-corrected chi connectivity index (χ4v) is 4.05. The van der Waals surface area contributed by atoms with Crippen molar-refractivity contribution in [2.45, 2.75) is 52.3 Å². The van der Waals surface area contributed by atoms with Crippen molar-refractivity contribution in [3.63, 3.8) is 0 Å². The lowest BCUT2D eigenvalue weighted by Gasteiger charge is -2.25. The van der Waals surface area contributed by atoms with Crippen LogP contribution in [-0.4, -0.2) is 63.7 Å². The number of rotatable bonds is 8. The number of ether oxygens (including phenoxy) is 1. The molecule has 0 bridgehead atoms. The highest BCUT2D eigenvalue weighted by Crippen LogP contribution is 2.29. The fourth-order valence-electron chi connectivity index (χ4n) is 4.05. The molecule has 2 aliphatic rings. The van der Waals surface area contributed by atoms with E-state index in [1.165, 1.54) is 12.8 Å². The van der Waals surface area contributed by atoms with Crippen LogP contribution in [0.5, 0.6) is 0 Å². The predicted octanol–water partition coefficient (Wildman–Crippen LogP) is 2.56. The third-order valence-corrected chi connectivity index (χ3v) is 6.00. The van der Waals surface area contributed by atoms with E-state index in [1.54, 1.807) is 4.90 Å². The molecule has 1 atom stereocenters. The Hall–Kier alpha value is -2.67. The van der Waals surface area contributed by atoms with E-state index in [0.29, 0.717) is 45.1 Å². The molecule has 1 aliphatic carbocycles. The number of carbonyl (C=O) groups is 2. The van der Waals surface area contributed by atoms with Crippen molar-refractivity contribution in [3.8, 4) is 0 Å². The summed E-state index contributed by atoms with van der Waals surface area (Å²) in [6.07, 6.45) is 2.59. The standard InChI is InChI=1S/C24H32N4O3/c1-18-12-19(2)28(25-18)11-10-23(29)27-15-22(31-17-21-8-9-21)14-26(24(30)16-27)13-20-6-4-3-5-7-20/h3-7,12,21-22H,8-11,13-17H2,1-2H3. The first-order valence-electron chi connectivity index (χ1n) is 11.2. The number of nitrogens with zero attached hydrogens (tertiary/aromatic N) is 4. The lowest BCUT2D eigenvalue weighted by Crippen LogP contribution is -2.40. The Morgan fingerprint density at radius 1 is 1.16 bits per heavy atom. The molecule has 2 amide bonds. The summed E-state index contributed by atoms with van der Waals surface area (Å²) in [7, 11) is 0. The fraction of sp³-hybridized carbons (Fsp3) is 0.542. The van der Waals surface area contributed by atoms with Crippen LogP contribution in [0.15, 0.2) is 36.4 Å². The summed E-state index contributed by atoms with van der Waals surface area (Å²) in [6.45, 7) is 6.78. The zero-order valence-electron chi connectivity index (χ0n) is 18.5. The summed E-state index contributed by atoms with van der Waals surface area (Å²) in [6, 6.07) is 12.0. The maximum absolute atomic E-state index is 13.0. The van der Waals surface area contributed by atoms with Gasteiger partial charge in [-0.15, -0.1) is 0 Å². The minimum absolute atomic E-state index is 0.0255. The van der Waals surface area contributed by atoms with Crippen molar-refractivity contribution in [2.75, 3.05) is 26.2 Å². The second-order valence-electron chi connectivity index (χ2n) is 8.83. The molecular weight excluding hydrogens is 392 g/mol. The summed E-state index contributed by atoms with van der Waals surface area (Å²) in [5.74, 6) is 0.583. The van der Waals surface area contributed by atoms with Crippen LogP contribution in [0.2, 0.25) is 0 Å². The Morgan fingerprint density at radius 2 is 1.94 bits per heavy atom. The first-order valence-corrected chi connectivity index (χ1v) is 11.2. The topological polar surface area (TPSA) is 67.7 Å². The largest absolute Gasteiger partial charge is 0.374 e. The van der Waals surface area contributed by atoms with Gasteiger partial charge in [-0.05, 0) is 44.2 Å². The number of aryl methyl sites for hydroxylation is 3. The van der Waals surface area contributed by atoms with Gasteiger partial charge in [-0.2, -0.15) is 5.10 Å². The van der Waals surface area contributed by atoms with Gasteiger partial charge in [-0.3, -0.25) is 14.3 Å². The average Bonchev–Trinajstić information content (AvgIpc) is 3.54. The van der Waals surface area contributed by atoms with E-state index in [0.717, 1.165) is 17.0 Å². The quantitative estimate of drug-likeness (QED) is 0.653. The van der Waals surface area contributed by atoms with E-state index in [-0.39, 0.29) is 24.5 Å². The van der Waals surface area contributed by atoms with Gasteiger partial charge in [0.25, 0.3) is 0 Å². The van der Waals surface area contributed by atoms with Gasteiger partial charge < -0.3 is 14.5 Å². The van der Waals surface area contributed by atoms with Crippen molar-refractivity contribution in [1.82, 2.24) is 19.6 Å². The molecule has 0 radical (unpaired) electrons. The van der Waals surface area contributed by atoms with Crippen LogP contribution in [0.3, 0.4) is 0 Å². The highest BCUT2D eigenvalue weighted by Gasteiger charge is 2.32. The first-order chi connectivity index (χ1) is 15.0. The summed E-state index contributed by atoms with van der Waals surface area (Å²) in [5, 5.41) is 4.44. The van der Waals surface area contributed by atoms with Crippen LogP contribution in [0.4, 0.5) is 0 Å². The van der Waals surface area contributed by atoms with Crippen molar-refractivity contribution >= 4 is 11.8 Å². The van der Waals surface area contributed by atoms with Gasteiger partial charge in [0.1, 0.15) is 0 Å². The molecule has 2 fully saturated rings. The van der Waals surface area contributed by atoms with Gasteiger partial charge in [-0.25, -0.2) is 0 Å². The number of hydrogen-bond donors (Lipinski definition) is 0. The number of amides is 2. The SMILES string of the molecule is Cc1cc(C)n(CCC(=O)N2CC(=O)N(Cc3ccccc3)CC(OCC3CC3)C2)n1. The van der Waals surface area contributed by atoms with Crippen LogP contribution < -0.4 is 0 Å². The van der Waals surface area contributed by atoms with E-state index in [1.807, 2.05) is 59.8 Å². The van der Waals surface area contributed by atoms with Gasteiger partial charge in [0.15, 0.2) is 0 Å². The zero-order chi connectivity index (χ0) is 21.8. The van der Waals surface area contributed by atoms with E-state index in [4.69, 9.17) is 4.74 Å². The maximum Gasteiger partial charge on any atom is 0.242 e. The number of benzene rings is 1. The van der Waals surface area contributed by atoms with Crippen LogP contribution in [0.1, 0.15) is 36.2 Å². The van der Waals surface area contributed by atoms with Crippen LogP contribution in [0.25, 0.3) is 0 Å². The molecule has 166 valence electrons. The smallest absolute Gasteiger partial charge is 0.242 e.